The highest BCUT2D eigenvalue weighted by Crippen LogP contribution is 2.17. The van der Waals surface area contributed by atoms with Gasteiger partial charge in [-0.1, -0.05) is 0 Å². The molecule has 7 heteroatoms. The maximum Gasteiger partial charge on any atom is 0.257 e. The average Bonchev–Trinajstić information content (AvgIpc) is 2.38. The molecule has 1 aromatic carbocycles. The highest BCUT2D eigenvalue weighted by atomic mass is 19.1. The molecule has 2 N–H and O–H groups in total. The van der Waals surface area contributed by atoms with Crippen LogP contribution in [0.2, 0.25) is 0 Å². The first kappa shape index (κ1) is 16.3. The summed E-state index contributed by atoms with van der Waals surface area (Å²) in [5.41, 5.74) is 0. The largest absolute Gasteiger partial charge is 0.481 e. The van der Waals surface area contributed by atoms with Crippen molar-refractivity contribution >= 4 is 5.91 Å². The van der Waals surface area contributed by atoms with Gasteiger partial charge in [0, 0.05) is 19.7 Å². The fourth-order valence-corrected chi connectivity index (χ4v) is 1.44. The fraction of sp³-hybridized carbons (Fsp3) is 0.462. The van der Waals surface area contributed by atoms with Gasteiger partial charge in [-0.2, -0.15) is 0 Å². The van der Waals surface area contributed by atoms with Crippen LogP contribution < -0.4 is 10.1 Å². The molecule has 1 atom stereocenters. The lowest BCUT2D eigenvalue weighted by atomic mass is 10.2. The summed E-state index contributed by atoms with van der Waals surface area (Å²) in [5.74, 6) is -2.24. The van der Waals surface area contributed by atoms with E-state index in [1.807, 2.05) is 0 Å². The molecule has 20 heavy (non-hydrogen) atoms. The molecule has 1 unspecified atom stereocenters. The summed E-state index contributed by atoms with van der Waals surface area (Å²) in [4.78, 5) is 11.4. The van der Waals surface area contributed by atoms with Crippen LogP contribution in [0.4, 0.5) is 8.78 Å². The van der Waals surface area contributed by atoms with Crippen LogP contribution in [-0.2, 0) is 9.53 Å². The molecular formula is C13H17F2NO4. The molecule has 0 aliphatic rings. The summed E-state index contributed by atoms with van der Waals surface area (Å²) < 4.78 is 35.5. The number of rotatable bonds is 8. The molecule has 0 aromatic heterocycles. The summed E-state index contributed by atoms with van der Waals surface area (Å²) in [5, 5.41) is 11.8. The zero-order chi connectivity index (χ0) is 15.0. The van der Waals surface area contributed by atoms with Gasteiger partial charge in [0.05, 0.1) is 12.7 Å². The molecule has 0 fully saturated rings. The minimum absolute atomic E-state index is 0.188. The molecule has 0 spiro atoms. The molecule has 0 heterocycles. The molecule has 0 bridgehead atoms. The number of hydrogen-bond donors (Lipinski definition) is 2. The third-order valence-electron chi connectivity index (χ3n) is 2.41. The van der Waals surface area contributed by atoms with Crippen molar-refractivity contribution in [2.75, 3.05) is 26.9 Å². The van der Waals surface area contributed by atoms with E-state index in [1.165, 1.54) is 7.11 Å². The van der Waals surface area contributed by atoms with Gasteiger partial charge in [-0.15, -0.1) is 0 Å². The number of amides is 1. The zero-order valence-electron chi connectivity index (χ0n) is 11.1. The van der Waals surface area contributed by atoms with Gasteiger partial charge in [-0.3, -0.25) is 4.79 Å². The van der Waals surface area contributed by atoms with Gasteiger partial charge >= 0.3 is 0 Å². The number of aliphatic hydroxyl groups is 1. The highest BCUT2D eigenvalue weighted by Gasteiger charge is 2.09. The highest BCUT2D eigenvalue weighted by molar-refractivity contribution is 5.77. The standard InChI is InChI=1S/C13H17F2NO4/c1-19-7-10(17)4-5-16-13(18)8-20-12-3-2-9(14)6-11(12)15/h2-3,6,10,17H,4-5,7-8H2,1H3,(H,16,18). The van der Waals surface area contributed by atoms with Crippen molar-refractivity contribution in [2.45, 2.75) is 12.5 Å². The Balaban J connectivity index is 2.26. The second-order valence-electron chi connectivity index (χ2n) is 4.11. The topological polar surface area (TPSA) is 67.8 Å². The molecule has 1 amide bonds. The third-order valence-corrected chi connectivity index (χ3v) is 2.41. The number of aliphatic hydroxyl groups excluding tert-OH is 1. The van der Waals surface area contributed by atoms with E-state index in [1.54, 1.807) is 0 Å². The Hall–Kier alpha value is -1.73. The third kappa shape index (κ3) is 5.94. The molecule has 0 saturated carbocycles. The molecular weight excluding hydrogens is 272 g/mol. The van der Waals surface area contributed by atoms with Crippen LogP contribution in [0.3, 0.4) is 0 Å². The van der Waals surface area contributed by atoms with Crippen molar-refractivity contribution < 1.29 is 28.2 Å². The summed E-state index contributed by atoms with van der Waals surface area (Å²) in [7, 11) is 1.47. The second kappa shape index (κ2) is 8.44. The Bertz CT molecular complexity index is 442. The molecule has 1 aromatic rings. The van der Waals surface area contributed by atoms with Crippen LogP contribution in [0.25, 0.3) is 0 Å². The van der Waals surface area contributed by atoms with E-state index in [0.717, 1.165) is 12.1 Å². The maximum absolute atomic E-state index is 13.2. The summed E-state index contributed by atoms with van der Waals surface area (Å²) in [6, 6.07) is 2.83. The molecule has 0 aliphatic heterocycles. The lowest BCUT2D eigenvalue weighted by Crippen LogP contribution is -2.32. The van der Waals surface area contributed by atoms with Gasteiger partial charge < -0.3 is 19.9 Å². The number of carbonyl (C=O) groups is 1. The first-order chi connectivity index (χ1) is 9.52. The van der Waals surface area contributed by atoms with E-state index < -0.39 is 23.6 Å². The van der Waals surface area contributed by atoms with Crippen LogP contribution in [0.5, 0.6) is 5.75 Å². The van der Waals surface area contributed by atoms with E-state index in [9.17, 15) is 18.7 Å². The van der Waals surface area contributed by atoms with Gasteiger partial charge in [0.2, 0.25) is 0 Å². The smallest absolute Gasteiger partial charge is 0.257 e. The maximum atomic E-state index is 13.2. The number of ether oxygens (including phenoxy) is 2. The van der Waals surface area contributed by atoms with Crippen molar-refractivity contribution in [3.63, 3.8) is 0 Å². The predicted molar refractivity (Wildman–Crippen MR) is 67.4 cm³/mol. The van der Waals surface area contributed by atoms with Crippen molar-refractivity contribution in [1.82, 2.24) is 5.32 Å². The second-order valence-corrected chi connectivity index (χ2v) is 4.11. The number of carbonyl (C=O) groups excluding carboxylic acids is 1. The molecule has 5 nitrogen and oxygen atoms in total. The van der Waals surface area contributed by atoms with E-state index >= 15 is 0 Å². The van der Waals surface area contributed by atoms with E-state index in [0.29, 0.717) is 12.5 Å². The van der Waals surface area contributed by atoms with Gasteiger partial charge in [-0.25, -0.2) is 8.78 Å². The minimum Gasteiger partial charge on any atom is -0.481 e. The zero-order valence-corrected chi connectivity index (χ0v) is 11.1. The normalized spacial score (nSPS) is 12.0. The van der Waals surface area contributed by atoms with E-state index in [2.05, 4.69) is 5.32 Å². The summed E-state index contributed by atoms with van der Waals surface area (Å²) in [6.07, 6.45) is -0.319. The summed E-state index contributed by atoms with van der Waals surface area (Å²) in [6.45, 7) is 0.0503. The van der Waals surface area contributed by atoms with Gasteiger partial charge in [0.15, 0.2) is 18.2 Å². The van der Waals surface area contributed by atoms with Gasteiger partial charge in [-0.05, 0) is 18.6 Å². The Kier molecular flexibility index (Phi) is 6.89. The quantitative estimate of drug-likeness (QED) is 0.745. The number of benzene rings is 1. The van der Waals surface area contributed by atoms with Crippen molar-refractivity contribution in [2.24, 2.45) is 0 Å². The number of methoxy groups -OCH3 is 1. The van der Waals surface area contributed by atoms with E-state index in [-0.39, 0.29) is 25.5 Å². The Labute approximate surface area is 115 Å². The molecule has 1 rings (SSSR count). The Morgan fingerprint density at radius 3 is 2.85 bits per heavy atom. The molecule has 0 saturated heterocycles. The van der Waals surface area contributed by atoms with Gasteiger partial charge in [0.25, 0.3) is 5.91 Å². The molecule has 112 valence electrons. The van der Waals surface area contributed by atoms with Gasteiger partial charge in [0.1, 0.15) is 5.82 Å². The lowest BCUT2D eigenvalue weighted by molar-refractivity contribution is -0.123. The van der Waals surface area contributed by atoms with Crippen LogP contribution in [0.1, 0.15) is 6.42 Å². The number of nitrogens with one attached hydrogen (secondary N) is 1. The van der Waals surface area contributed by atoms with Crippen LogP contribution in [-0.4, -0.2) is 44.0 Å². The number of halogens is 2. The first-order valence-electron chi connectivity index (χ1n) is 6.04. The molecule has 0 aliphatic carbocycles. The monoisotopic (exact) mass is 289 g/mol. The number of hydrogen-bond acceptors (Lipinski definition) is 4. The van der Waals surface area contributed by atoms with Crippen LogP contribution in [0, 0.1) is 11.6 Å². The van der Waals surface area contributed by atoms with Crippen LogP contribution in [0.15, 0.2) is 18.2 Å². The van der Waals surface area contributed by atoms with E-state index in [4.69, 9.17) is 9.47 Å². The molecule has 0 radical (unpaired) electrons. The Morgan fingerprint density at radius 1 is 1.45 bits per heavy atom. The van der Waals surface area contributed by atoms with Crippen LogP contribution >= 0.6 is 0 Å². The summed E-state index contributed by atoms with van der Waals surface area (Å²) >= 11 is 0. The first-order valence-corrected chi connectivity index (χ1v) is 6.04. The fourth-order valence-electron chi connectivity index (χ4n) is 1.44. The van der Waals surface area contributed by atoms with Crippen molar-refractivity contribution in [3.05, 3.63) is 29.8 Å². The average molecular weight is 289 g/mol. The lowest BCUT2D eigenvalue weighted by Gasteiger charge is -2.11. The minimum atomic E-state index is -0.867. The predicted octanol–water partition coefficient (Wildman–Crippen LogP) is 0.857. The Morgan fingerprint density at radius 2 is 2.20 bits per heavy atom. The van der Waals surface area contributed by atoms with Crippen molar-refractivity contribution in [1.29, 1.82) is 0 Å². The van der Waals surface area contributed by atoms with Crippen molar-refractivity contribution in [3.8, 4) is 5.75 Å². The SMILES string of the molecule is COCC(O)CCNC(=O)COc1ccc(F)cc1F.